The molecule has 17 heavy (non-hydrogen) atoms. The first-order valence-corrected chi connectivity index (χ1v) is 6.95. The maximum Gasteiger partial charge on any atom is 0.233 e. The van der Waals surface area contributed by atoms with Crippen molar-refractivity contribution in [1.29, 1.82) is 0 Å². The van der Waals surface area contributed by atoms with Gasteiger partial charge < -0.3 is 15.5 Å². The number of piperidine rings is 1. The molecule has 0 aromatic rings. The Bertz CT molecular complexity index is 221. The Kier molecular flexibility index (Phi) is 7.21. The summed E-state index contributed by atoms with van der Waals surface area (Å²) >= 11 is 0. The lowest BCUT2D eigenvalue weighted by Crippen LogP contribution is -2.39. The number of likely N-dealkylation sites (tertiary alicyclic amines) is 1. The van der Waals surface area contributed by atoms with Gasteiger partial charge in [0.15, 0.2) is 0 Å². The van der Waals surface area contributed by atoms with Gasteiger partial charge in [0.1, 0.15) is 0 Å². The highest BCUT2D eigenvalue weighted by atomic mass is 16.1. The zero-order chi connectivity index (χ0) is 12.5. The predicted molar refractivity (Wildman–Crippen MR) is 71.1 cm³/mol. The number of amides is 1. The van der Waals surface area contributed by atoms with Crippen LogP contribution < -0.4 is 10.6 Å². The van der Waals surface area contributed by atoms with E-state index in [4.69, 9.17) is 0 Å². The molecule has 1 saturated heterocycles. The van der Waals surface area contributed by atoms with E-state index in [1.54, 1.807) is 0 Å². The third-order valence-electron chi connectivity index (χ3n) is 3.40. The number of nitrogens with one attached hydrogen (secondary N) is 2. The van der Waals surface area contributed by atoms with E-state index in [2.05, 4.69) is 22.5 Å². The van der Waals surface area contributed by atoms with E-state index in [1.807, 2.05) is 6.92 Å². The lowest BCUT2D eigenvalue weighted by Gasteiger charge is -2.33. The number of hydrogen-bond donors (Lipinski definition) is 2. The SMILES string of the molecule is CCNC(=O)CNCCCN1CCCCC1C. The molecule has 0 spiro atoms. The smallest absolute Gasteiger partial charge is 0.233 e. The monoisotopic (exact) mass is 241 g/mol. The zero-order valence-electron chi connectivity index (χ0n) is 11.3. The van der Waals surface area contributed by atoms with Crippen LogP contribution in [0.25, 0.3) is 0 Å². The molecular formula is C13H27N3O. The Morgan fingerprint density at radius 1 is 1.41 bits per heavy atom. The van der Waals surface area contributed by atoms with Gasteiger partial charge in [0, 0.05) is 12.6 Å². The van der Waals surface area contributed by atoms with Gasteiger partial charge in [-0.2, -0.15) is 0 Å². The highest BCUT2D eigenvalue weighted by molar-refractivity contribution is 5.77. The third kappa shape index (κ3) is 6.03. The van der Waals surface area contributed by atoms with Crippen molar-refractivity contribution in [2.45, 2.75) is 45.6 Å². The second kappa shape index (κ2) is 8.48. The molecule has 1 atom stereocenters. The Morgan fingerprint density at radius 3 is 2.94 bits per heavy atom. The molecule has 4 heteroatoms. The molecule has 2 N–H and O–H groups in total. The highest BCUT2D eigenvalue weighted by Crippen LogP contribution is 2.15. The Balaban J connectivity index is 1.98. The molecule has 0 radical (unpaired) electrons. The van der Waals surface area contributed by atoms with Crippen molar-refractivity contribution in [2.75, 3.05) is 32.7 Å². The van der Waals surface area contributed by atoms with Gasteiger partial charge in [-0.15, -0.1) is 0 Å². The van der Waals surface area contributed by atoms with Gasteiger partial charge in [0.05, 0.1) is 6.54 Å². The van der Waals surface area contributed by atoms with Gasteiger partial charge in [-0.25, -0.2) is 0 Å². The summed E-state index contributed by atoms with van der Waals surface area (Å²) in [5.41, 5.74) is 0. The van der Waals surface area contributed by atoms with Crippen molar-refractivity contribution >= 4 is 5.91 Å². The van der Waals surface area contributed by atoms with Crippen molar-refractivity contribution in [3.8, 4) is 0 Å². The molecule has 0 saturated carbocycles. The van der Waals surface area contributed by atoms with Gasteiger partial charge in [-0.3, -0.25) is 4.79 Å². The van der Waals surface area contributed by atoms with Crippen LogP contribution in [0.4, 0.5) is 0 Å². The summed E-state index contributed by atoms with van der Waals surface area (Å²) in [7, 11) is 0. The Hall–Kier alpha value is -0.610. The summed E-state index contributed by atoms with van der Waals surface area (Å²) in [6.45, 7) is 8.76. The van der Waals surface area contributed by atoms with Gasteiger partial charge >= 0.3 is 0 Å². The fraction of sp³-hybridized carbons (Fsp3) is 0.923. The van der Waals surface area contributed by atoms with Crippen LogP contribution in [0, 0.1) is 0 Å². The van der Waals surface area contributed by atoms with Crippen molar-refractivity contribution in [3.05, 3.63) is 0 Å². The molecule has 100 valence electrons. The quantitative estimate of drug-likeness (QED) is 0.653. The van der Waals surface area contributed by atoms with Crippen LogP contribution in [0.15, 0.2) is 0 Å². The summed E-state index contributed by atoms with van der Waals surface area (Å²) in [6, 6.07) is 0.743. The van der Waals surface area contributed by atoms with E-state index < -0.39 is 0 Å². The van der Waals surface area contributed by atoms with E-state index in [9.17, 15) is 4.79 Å². The molecule has 4 nitrogen and oxygen atoms in total. The fourth-order valence-electron chi connectivity index (χ4n) is 2.36. The molecule has 0 bridgehead atoms. The maximum atomic E-state index is 11.2. The van der Waals surface area contributed by atoms with Crippen molar-refractivity contribution in [1.82, 2.24) is 15.5 Å². The van der Waals surface area contributed by atoms with Gasteiger partial charge in [-0.1, -0.05) is 6.42 Å². The van der Waals surface area contributed by atoms with Crippen LogP contribution in [-0.4, -0.2) is 49.6 Å². The number of carbonyl (C=O) groups excluding carboxylic acids is 1. The largest absolute Gasteiger partial charge is 0.355 e. The van der Waals surface area contributed by atoms with Crippen LogP contribution in [-0.2, 0) is 4.79 Å². The van der Waals surface area contributed by atoms with Gasteiger partial charge in [0.2, 0.25) is 5.91 Å². The van der Waals surface area contributed by atoms with Crippen LogP contribution in [0.1, 0.15) is 39.5 Å². The molecule has 1 heterocycles. The van der Waals surface area contributed by atoms with E-state index in [0.29, 0.717) is 13.1 Å². The topological polar surface area (TPSA) is 44.4 Å². The normalized spacial score (nSPS) is 21.4. The lowest BCUT2D eigenvalue weighted by atomic mass is 10.0. The molecule has 1 fully saturated rings. The molecule has 1 aliphatic heterocycles. The number of rotatable bonds is 7. The van der Waals surface area contributed by atoms with Crippen LogP contribution in [0.2, 0.25) is 0 Å². The van der Waals surface area contributed by atoms with Crippen molar-refractivity contribution < 1.29 is 4.79 Å². The Morgan fingerprint density at radius 2 is 2.24 bits per heavy atom. The maximum absolute atomic E-state index is 11.2. The van der Waals surface area contributed by atoms with E-state index in [0.717, 1.165) is 25.6 Å². The fourth-order valence-corrected chi connectivity index (χ4v) is 2.36. The van der Waals surface area contributed by atoms with Gasteiger partial charge in [0.25, 0.3) is 0 Å². The number of likely N-dealkylation sites (N-methyl/N-ethyl adjacent to an activating group) is 1. The molecule has 0 aromatic carbocycles. The standard InChI is InChI=1S/C13H27N3O/c1-3-15-13(17)11-14-8-6-10-16-9-5-4-7-12(16)2/h12,14H,3-11H2,1-2H3,(H,15,17). The third-order valence-corrected chi connectivity index (χ3v) is 3.40. The Labute approximate surface area is 105 Å². The average Bonchev–Trinajstić information content (AvgIpc) is 2.31. The molecule has 1 rings (SSSR count). The molecule has 1 aliphatic rings. The van der Waals surface area contributed by atoms with Crippen LogP contribution in [0.5, 0.6) is 0 Å². The summed E-state index contributed by atoms with van der Waals surface area (Å²) < 4.78 is 0. The summed E-state index contributed by atoms with van der Waals surface area (Å²) in [6.07, 6.45) is 5.19. The van der Waals surface area contributed by atoms with E-state index >= 15 is 0 Å². The number of hydrogen-bond acceptors (Lipinski definition) is 3. The van der Waals surface area contributed by atoms with Crippen LogP contribution in [0.3, 0.4) is 0 Å². The summed E-state index contributed by atoms with van der Waals surface area (Å²) in [4.78, 5) is 13.7. The summed E-state index contributed by atoms with van der Waals surface area (Å²) in [5, 5.41) is 5.97. The number of nitrogens with zero attached hydrogens (tertiary/aromatic N) is 1. The summed E-state index contributed by atoms with van der Waals surface area (Å²) in [5.74, 6) is 0.0961. The average molecular weight is 241 g/mol. The molecule has 0 aliphatic carbocycles. The molecule has 1 unspecified atom stereocenters. The first-order valence-electron chi connectivity index (χ1n) is 6.95. The highest BCUT2D eigenvalue weighted by Gasteiger charge is 2.16. The van der Waals surface area contributed by atoms with Crippen molar-refractivity contribution in [3.63, 3.8) is 0 Å². The van der Waals surface area contributed by atoms with Crippen molar-refractivity contribution in [2.24, 2.45) is 0 Å². The first-order chi connectivity index (χ1) is 8.24. The molecule has 1 amide bonds. The second-order valence-corrected chi connectivity index (χ2v) is 4.86. The number of carbonyl (C=O) groups is 1. The minimum atomic E-state index is 0.0961. The lowest BCUT2D eigenvalue weighted by molar-refractivity contribution is -0.120. The van der Waals surface area contributed by atoms with E-state index in [-0.39, 0.29) is 5.91 Å². The first kappa shape index (κ1) is 14.5. The second-order valence-electron chi connectivity index (χ2n) is 4.86. The van der Waals surface area contributed by atoms with E-state index in [1.165, 1.54) is 25.8 Å². The minimum absolute atomic E-state index is 0.0961. The minimum Gasteiger partial charge on any atom is -0.355 e. The van der Waals surface area contributed by atoms with Gasteiger partial charge in [-0.05, 0) is 52.7 Å². The molecular weight excluding hydrogens is 214 g/mol. The van der Waals surface area contributed by atoms with Crippen LogP contribution >= 0.6 is 0 Å². The molecule has 0 aromatic heterocycles. The zero-order valence-corrected chi connectivity index (χ0v) is 11.3. The predicted octanol–water partition coefficient (Wildman–Crippen LogP) is 0.977.